The van der Waals surface area contributed by atoms with Gasteiger partial charge in [-0.3, -0.25) is 4.79 Å². The van der Waals surface area contributed by atoms with Crippen molar-refractivity contribution in [3.8, 4) is 11.1 Å². The minimum atomic E-state index is -0.854. The number of piperidine rings is 1. The van der Waals surface area contributed by atoms with Crippen molar-refractivity contribution in [2.75, 3.05) is 19.7 Å². The van der Waals surface area contributed by atoms with Crippen molar-refractivity contribution in [1.29, 1.82) is 0 Å². The summed E-state index contributed by atoms with van der Waals surface area (Å²) in [6.07, 6.45) is 4.32. The monoisotopic (exact) mass is 481 g/mol. The van der Waals surface area contributed by atoms with E-state index in [0.717, 1.165) is 37.7 Å². The fraction of sp³-hybridized carbons (Fsp3) is 0.552. The number of carbonyl (C=O) groups is 1. The highest BCUT2D eigenvalue weighted by Gasteiger charge is 2.53. The van der Waals surface area contributed by atoms with Gasteiger partial charge < -0.3 is 19.5 Å². The Morgan fingerprint density at radius 2 is 1.77 bits per heavy atom. The van der Waals surface area contributed by atoms with Crippen LogP contribution in [0.1, 0.15) is 63.2 Å². The summed E-state index contributed by atoms with van der Waals surface area (Å²) in [5, 5.41) is 10.4. The SMILES string of the molecule is CC(C)(O)[C@@H]1CC[C@](C)([C@H]2CC3(CCN(C(=O)c4ccc(-c5ccccc5F)cc4)CC3)CO2)O1. The van der Waals surface area contributed by atoms with Crippen LogP contribution in [0.3, 0.4) is 0 Å². The zero-order valence-corrected chi connectivity index (χ0v) is 20.9. The quantitative estimate of drug-likeness (QED) is 0.651. The van der Waals surface area contributed by atoms with Crippen molar-refractivity contribution in [2.45, 2.75) is 76.3 Å². The average Bonchev–Trinajstić information content (AvgIpc) is 3.45. The van der Waals surface area contributed by atoms with Crippen LogP contribution >= 0.6 is 0 Å². The number of likely N-dealkylation sites (tertiary alicyclic amines) is 1. The Morgan fingerprint density at radius 3 is 2.40 bits per heavy atom. The maximum absolute atomic E-state index is 14.1. The molecule has 1 N–H and O–H groups in total. The van der Waals surface area contributed by atoms with Crippen LogP contribution in [0.5, 0.6) is 0 Å². The van der Waals surface area contributed by atoms with Gasteiger partial charge in [0.25, 0.3) is 5.91 Å². The molecule has 0 unspecified atom stereocenters. The van der Waals surface area contributed by atoms with Crippen molar-refractivity contribution in [3.63, 3.8) is 0 Å². The second kappa shape index (κ2) is 8.99. The highest BCUT2D eigenvalue weighted by atomic mass is 19.1. The first-order chi connectivity index (χ1) is 16.6. The van der Waals surface area contributed by atoms with Crippen molar-refractivity contribution in [1.82, 2.24) is 4.90 Å². The first-order valence-corrected chi connectivity index (χ1v) is 12.7. The highest BCUT2D eigenvalue weighted by Crippen LogP contribution is 2.49. The minimum Gasteiger partial charge on any atom is -0.388 e. The van der Waals surface area contributed by atoms with E-state index in [1.165, 1.54) is 6.07 Å². The summed E-state index contributed by atoms with van der Waals surface area (Å²) in [5.41, 5.74) is 0.784. The van der Waals surface area contributed by atoms with Crippen LogP contribution in [0.25, 0.3) is 11.1 Å². The van der Waals surface area contributed by atoms with E-state index in [1.807, 2.05) is 23.1 Å². The molecule has 0 bridgehead atoms. The third kappa shape index (κ3) is 4.76. The Kier molecular flexibility index (Phi) is 6.27. The molecule has 5 nitrogen and oxygen atoms in total. The third-order valence-corrected chi connectivity index (χ3v) is 8.42. The largest absolute Gasteiger partial charge is 0.388 e. The second-order valence-corrected chi connectivity index (χ2v) is 11.5. The first kappa shape index (κ1) is 24.4. The predicted octanol–water partition coefficient (Wildman–Crippen LogP) is 5.21. The van der Waals surface area contributed by atoms with Crippen LogP contribution in [-0.4, -0.2) is 59.0 Å². The van der Waals surface area contributed by atoms with E-state index >= 15 is 0 Å². The molecule has 0 aromatic heterocycles. The Morgan fingerprint density at radius 1 is 1.09 bits per heavy atom. The maximum Gasteiger partial charge on any atom is 0.253 e. The Labute approximate surface area is 207 Å². The zero-order chi connectivity index (χ0) is 24.8. The van der Waals surface area contributed by atoms with Gasteiger partial charge in [0.2, 0.25) is 0 Å². The summed E-state index contributed by atoms with van der Waals surface area (Å²) < 4.78 is 26.7. The number of amides is 1. The van der Waals surface area contributed by atoms with Crippen molar-refractivity contribution in [3.05, 3.63) is 59.9 Å². The Bertz CT molecular complexity index is 1070. The zero-order valence-electron chi connectivity index (χ0n) is 20.9. The molecule has 3 aliphatic heterocycles. The predicted molar refractivity (Wildman–Crippen MR) is 133 cm³/mol. The number of carbonyl (C=O) groups excluding carboxylic acids is 1. The molecule has 0 saturated carbocycles. The van der Waals surface area contributed by atoms with Crippen LogP contribution in [0.2, 0.25) is 0 Å². The average molecular weight is 482 g/mol. The molecule has 1 spiro atoms. The number of ether oxygens (including phenoxy) is 2. The van der Waals surface area contributed by atoms with Crippen LogP contribution in [0.4, 0.5) is 4.39 Å². The van der Waals surface area contributed by atoms with E-state index in [-0.39, 0.29) is 34.9 Å². The Hall–Kier alpha value is -2.28. The molecule has 5 rings (SSSR count). The standard InChI is InChI=1S/C29H36FNO4/c1-27(2,33)24-12-13-28(3,35-24)25-18-29(19-34-25)14-16-31(17-15-29)26(32)21-10-8-20(9-11-21)22-6-4-5-7-23(22)30/h4-11,24-25,33H,12-19H2,1-3H3/t24-,25+,28+/m0/s1. The lowest BCUT2D eigenvalue weighted by Gasteiger charge is -2.39. The molecule has 188 valence electrons. The highest BCUT2D eigenvalue weighted by molar-refractivity contribution is 5.94. The third-order valence-electron chi connectivity index (χ3n) is 8.42. The number of aliphatic hydroxyl groups is 1. The van der Waals surface area contributed by atoms with E-state index in [4.69, 9.17) is 9.47 Å². The lowest BCUT2D eigenvalue weighted by molar-refractivity contribution is -0.155. The summed E-state index contributed by atoms with van der Waals surface area (Å²) in [7, 11) is 0. The molecule has 3 saturated heterocycles. The number of halogens is 1. The van der Waals surface area contributed by atoms with Crippen LogP contribution in [0, 0.1) is 11.2 Å². The summed E-state index contributed by atoms with van der Waals surface area (Å²) in [6.45, 7) is 7.83. The normalized spacial score (nSPS) is 28.5. The van der Waals surface area contributed by atoms with Crippen LogP contribution < -0.4 is 0 Å². The van der Waals surface area contributed by atoms with E-state index in [1.54, 1.807) is 38.1 Å². The summed E-state index contributed by atoms with van der Waals surface area (Å²) >= 11 is 0. The summed E-state index contributed by atoms with van der Waals surface area (Å²) in [6, 6.07) is 13.9. The molecule has 3 aliphatic rings. The minimum absolute atomic E-state index is 0.0167. The molecule has 3 heterocycles. The molecule has 6 heteroatoms. The van der Waals surface area contributed by atoms with Crippen molar-refractivity contribution < 1.29 is 23.8 Å². The first-order valence-electron chi connectivity index (χ1n) is 12.7. The van der Waals surface area contributed by atoms with Gasteiger partial charge in [0.1, 0.15) is 5.82 Å². The van der Waals surface area contributed by atoms with Gasteiger partial charge in [-0.05, 0) is 82.1 Å². The topological polar surface area (TPSA) is 59.0 Å². The molecule has 3 fully saturated rings. The fourth-order valence-corrected chi connectivity index (χ4v) is 5.98. The van der Waals surface area contributed by atoms with Crippen LogP contribution in [0.15, 0.2) is 48.5 Å². The molecule has 3 atom stereocenters. The molecule has 35 heavy (non-hydrogen) atoms. The Balaban J connectivity index is 1.19. The number of rotatable bonds is 4. The summed E-state index contributed by atoms with van der Waals surface area (Å²) in [4.78, 5) is 15.1. The van der Waals surface area contributed by atoms with E-state index in [0.29, 0.717) is 30.8 Å². The van der Waals surface area contributed by atoms with Gasteiger partial charge in [0.15, 0.2) is 0 Å². The number of hydrogen-bond donors (Lipinski definition) is 1. The van der Waals surface area contributed by atoms with Crippen molar-refractivity contribution >= 4 is 5.91 Å². The molecule has 0 aliphatic carbocycles. The van der Waals surface area contributed by atoms with Gasteiger partial charge in [-0.2, -0.15) is 0 Å². The van der Waals surface area contributed by atoms with Crippen LogP contribution in [-0.2, 0) is 9.47 Å². The lowest BCUT2D eigenvalue weighted by atomic mass is 9.74. The molecule has 2 aromatic carbocycles. The van der Waals surface area contributed by atoms with Crippen molar-refractivity contribution in [2.24, 2.45) is 5.41 Å². The summed E-state index contributed by atoms with van der Waals surface area (Å²) in [5.74, 6) is -0.244. The number of nitrogens with zero attached hydrogens (tertiary/aromatic N) is 1. The molecular weight excluding hydrogens is 445 g/mol. The fourth-order valence-electron chi connectivity index (χ4n) is 5.98. The second-order valence-electron chi connectivity index (χ2n) is 11.5. The van der Waals surface area contributed by atoms with E-state index in [9.17, 15) is 14.3 Å². The maximum atomic E-state index is 14.1. The van der Waals surface area contributed by atoms with Gasteiger partial charge >= 0.3 is 0 Å². The smallest absolute Gasteiger partial charge is 0.253 e. The van der Waals surface area contributed by atoms with E-state index in [2.05, 4.69) is 6.92 Å². The number of hydrogen-bond acceptors (Lipinski definition) is 4. The van der Waals surface area contributed by atoms with Gasteiger partial charge in [0, 0.05) is 24.2 Å². The van der Waals surface area contributed by atoms with E-state index < -0.39 is 5.60 Å². The molecule has 1 amide bonds. The molecular formula is C29H36FNO4. The van der Waals surface area contributed by atoms with Gasteiger partial charge in [-0.15, -0.1) is 0 Å². The molecule has 0 radical (unpaired) electrons. The van der Waals surface area contributed by atoms with Gasteiger partial charge in [0.05, 0.1) is 30.0 Å². The number of benzene rings is 2. The van der Waals surface area contributed by atoms with Gasteiger partial charge in [-0.25, -0.2) is 4.39 Å². The molecule has 2 aromatic rings. The van der Waals surface area contributed by atoms with Gasteiger partial charge in [-0.1, -0.05) is 30.3 Å². The lowest BCUT2D eigenvalue weighted by Crippen LogP contribution is -2.45.